The average molecular weight is 306 g/mol. The molecule has 0 spiro atoms. The molecular weight excluding hydrogens is 300 g/mol. The Morgan fingerprint density at radius 2 is 2.23 bits per heavy atom. The van der Waals surface area contributed by atoms with Crippen LogP contribution in [0, 0.1) is 3.70 Å². The topological polar surface area (TPSA) is 30.7 Å². The highest BCUT2D eigenvalue weighted by molar-refractivity contribution is 14.1. The highest BCUT2D eigenvalue weighted by atomic mass is 127. The first-order valence-corrected chi connectivity index (χ1v) is 5.04. The van der Waals surface area contributed by atoms with Crippen LogP contribution in [-0.2, 0) is 0 Å². The summed E-state index contributed by atoms with van der Waals surface area (Å²) >= 11 is 7.90. The summed E-state index contributed by atoms with van der Waals surface area (Å²) in [5, 5.41) is 0.487. The molecule has 0 aliphatic carbocycles. The Kier molecular flexibility index (Phi) is 2.50. The molecule has 0 bridgehead atoms. The van der Waals surface area contributed by atoms with E-state index in [-0.39, 0.29) is 0 Å². The minimum absolute atomic E-state index is 0.487. The van der Waals surface area contributed by atoms with Gasteiger partial charge in [0.2, 0.25) is 0 Å². The van der Waals surface area contributed by atoms with Crippen molar-refractivity contribution in [3.8, 4) is 5.82 Å². The summed E-state index contributed by atoms with van der Waals surface area (Å²) < 4.78 is 2.76. The van der Waals surface area contributed by atoms with Gasteiger partial charge in [0, 0.05) is 6.20 Å². The van der Waals surface area contributed by atoms with Gasteiger partial charge in [-0.05, 0) is 34.7 Å². The largest absolute Gasteiger partial charge is 0.289 e. The number of halogens is 2. The van der Waals surface area contributed by atoms with Crippen molar-refractivity contribution in [3.63, 3.8) is 0 Å². The highest BCUT2D eigenvalue weighted by Crippen LogP contribution is 2.10. The van der Waals surface area contributed by atoms with Crippen molar-refractivity contribution in [2.45, 2.75) is 0 Å². The van der Waals surface area contributed by atoms with E-state index in [4.69, 9.17) is 11.6 Å². The molecule has 0 aromatic carbocycles. The zero-order chi connectivity index (χ0) is 9.26. The summed E-state index contributed by atoms with van der Waals surface area (Å²) in [5.74, 6) is 0.780. The Balaban J connectivity index is 2.46. The predicted molar refractivity (Wildman–Crippen MR) is 59.1 cm³/mol. The third-order valence-corrected chi connectivity index (χ3v) is 2.28. The zero-order valence-corrected chi connectivity index (χ0v) is 9.40. The van der Waals surface area contributed by atoms with Crippen molar-refractivity contribution in [1.29, 1.82) is 0 Å². The number of hydrogen-bond acceptors (Lipinski definition) is 2. The van der Waals surface area contributed by atoms with Crippen LogP contribution in [0.3, 0.4) is 0 Å². The average Bonchev–Trinajstić information content (AvgIpc) is 2.52. The summed E-state index contributed by atoms with van der Waals surface area (Å²) in [7, 11) is 0. The Labute approximate surface area is 93.9 Å². The van der Waals surface area contributed by atoms with E-state index < -0.39 is 0 Å². The van der Waals surface area contributed by atoms with Crippen LogP contribution < -0.4 is 0 Å². The second kappa shape index (κ2) is 3.63. The van der Waals surface area contributed by atoms with Crippen molar-refractivity contribution < 1.29 is 0 Å². The Morgan fingerprint density at radius 3 is 2.85 bits per heavy atom. The lowest BCUT2D eigenvalue weighted by atomic mass is 10.4. The first-order valence-electron chi connectivity index (χ1n) is 3.58. The lowest BCUT2D eigenvalue weighted by Crippen LogP contribution is -1.93. The van der Waals surface area contributed by atoms with Gasteiger partial charge in [-0.2, -0.15) is 0 Å². The second-order valence-corrected chi connectivity index (χ2v) is 3.91. The molecule has 0 unspecified atom stereocenters. The molecule has 2 rings (SSSR count). The van der Waals surface area contributed by atoms with E-state index in [9.17, 15) is 0 Å². The van der Waals surface area contributed by atoms with E-state index in [0.29, 0.717) is 5.15 Å². The molecule has 0 aliphatic heterocycles. The molecule has 0 amide bonds. The van der Waals surface area contributed by atoms with Crippen molar-refractivity contribution in [3.05, 3.63) is 39.6 Å². The maximum Gasteiger partial charge on any atom is 0.139 e. The molecule has 13 heavy (non-hydrogen) atoms. The van der Waals surface area contributed by atoms with Crippen molar-refractivity contribution in [1.82, 2.24) is 14.5 Å². The van der Waals surface area contributed by atoms with E-state index >= 15 is 0 Å². The van der Waals surface area contributed by atoms with Gasteiger partial charge in [-0.15, -0.1) is 0 Å². The molecule has 0 saturated heterocycles. The number of hydrogen-bond donors (Lipinski definition) is 0. The van der Waals surface area contributed by atoms with Crippen LogP contribution in [-0.4, -0.2) is 14.5 Å². The molecule has 2 heterocycles. The minimum Gasteiger partial charge on any atom is -0.289 e. The smallest absolute Gasteiger partial charge is 0.139 e. The number of aromatic nitrogens is 3. The molecule has 0 radical (unpaired) electrons. The van der Waals surface area contributed by atoms with Crippen molar-refractivity contribution >= 4 is 34.2 Å². The Bertz CT molecular complexity index is 427. The van der Waals surface area contributed by atoms with Crippen molar-refractivity contribution in [2.24, 2.45) is 0 Å². The summed E-state index contributed by atoms with van der Waals surface area (Å²) in [5.41, 5.74) is 0. The first kappa shape index (κ1) is 8.96. The Morgan fingerprint density at radius 1 is 1.38 bits per heavy atom. The van der Waals surface area contributed by atoms with Crippen molar-refractivity contribution in [2.75, 3.05) is 0 Å². The lowest BCUT2D eigenvalue weighted by molar-refractivity contribution is 0.993. The first-order chi connectivity index (χ1) is 6.25. The second-order valence-electron chi connectivity index (χ2n) is 2.42. The van der Waals surface area contributed by atoms with Gasteiger partial charge in [-0.3, -0.25) is 4.57 Å². The van der Waals surface area contributed by atoms with Gasteiger partial charge < -0.3 is 0 Å². The molecule has 5 heteroatoms. The van der Waals surface area contributed by atoms with E-state index in [0.717, 1.165) is 9.52 Å². The summed E-state index contributed by atoms with van der Waals surface area (Å²) in [6.07, 6.45) is 3.60. The van der Waals surface area contributed by atoms with Crippen LogP contribution in [0.4, 0.5) is 0 Å². The van der Waals surface area contributed by atoms with E-state index in [1.54, 1.807) is 12.4 Å². The number of rotatable bonds is 1. The van der Waals surface area contributed by atoms with Gasteiger partial charge in [0.15, 0.2) is 0 Å². The lowest BCUT2D eigenvalue weighted by Gasteiger charge is -1.99. The van der Waals surface area contributed by atoms with Crippen LogP contribution in [0.2, 0.25) is 5.15 Å². The number of nitrogens with zero attached hydrogens (tertiary/aromatic N) is 3. The molecular formula is C8H5ClIN3. The Hall–Kier alpha value is -0.620. The fraction of sp³-hybridized carbons (Fsp3) is 0. The predicted octanol–water partition coefficient (Wildman–Crippen LogP) is 2.53. The SMILES string of the molecule is Clc1cccc(-n2cnc(I)c2)n1. The number of imidazole rings is 1. The van der Waals surface area contributed by atoms with Gasteiger partial charge in [-0.1, -0.05) is 17.7 Å². The van der Waals surface area contributed by atoms with E-state index in [1.165, 1.54) is 0 Å². The number of pyridine rings is 1. The van der Waals surface area contributed by atoms with Gasteiger partial charge >= 0.3 is 0 Å². The molecule has 0 atom stereocenters. The summed E-state index contributed by atoms with van der Waals surface area (Å²) in [4.78, 5) is 8.23. The van der Waals surface area contributed by atoms with E-state index in [2.05, 4.69) is 32.6 Å². The maximum atomic E-state index is 5.75. The fourth-order valence-corrected chi connectivity index (χ4v) is 1.55. The van der Waals surface area contributed by atoms with Gasteiger partial charge in [-0.25, -0.2) is 9.97 Å². The van der Waals surface area contributed by atoms with E-state index in [1.807, 2.05) is 22.9 Å². The van der Waals surface area contributed by atoms with Gasteiger partial charge in [0.25, 0.3) is 0 Å². The van der Waals surface area contributed by atoms with Gasteiger partial charge in [0.1, 0.15) is 21.0 Å². The minimum atomic E-state index is 0.487. The molecule has 66 valence electrons. The molecule has 0 fully saturated rings. The van der Waals surface area contributed by atoms with Crippen LogP contribution in [0.1, 0.15) is 0 Å². The van der Waals surface area contributed by atoms with Gasteiger partial charge in [0.05, 0.1) is 0 Å². The molecule has 0 aliphatic rings. The molecule has 0 N–H and O–H groups in total. The maximum absolute atomic E-state index is 5.75. The van der Waals surface area contributed by atoms with Crippen LogP contribution in [0.15, 0.2) is 30.7 Å². The third kappa shape index (κ3) is 2.00. The summed E-state index contributed by atoms with van der Waals surface area (Å²) in [6, 6.07) is 5.48. The summed E-state index contributed by atoms with van der Waals surface area (Å²) in [6.45, 7) is 0. The van der Waals surface area contributed by atoms with Crippen LogP contribution >= 0.6 is 34.2 Å². The van der Waals surface area contributed by atoms with Crippen LogP contribution in [0.25, 0.3) is 5.82 Å². The molecule has 2 aromatic heterocycles. The fourth-order valence-electron chi connectivity index (χ4n) is 0.965. The highest BCUT2D eigenvalue weighted by Gasteiger charge is 1.99. The quantitative estimate of drug-likeness (QED) is 0.599. The molecule has 3 nitrogen and oxygen atoms in total. The molecule has 2 aromatic rings. The van der Waals surface area contributed by atoms with Crippen LogP contribution in [0.5, 0.6) is 0 Å². The third-order valence-electron chi connectivity index (χ3n) is 1.52. The normalized spacial score (nSPS) is 10.3. The molecule has 0 saturated carbocycles. The monoisotopic (exact) mass is 305 g/mol. The standard InChI is InChI=1S/C8H5ClIN3/c9-6-2-1-3-8(12-6)13-4-7(10)11-5-13/h1-5H. The zero-order valence-electron chi connectivity index (χ0n) is 6.48.